The van der Waals surface area contributed by atoms with Crippen molar-refractivity contribution in [3.8, 4) is 0 Å². The first-order chi connectivity index (χ1) is 6.46. The number of benzene rings is 1. The molecule has 5 heteroatoms. The molecule has 2 N–H and O–H groups in total. The molecule has 1 rings (SSSR count). The second-order valence-electron chi connectivity index (χ2n) is 2.95. The Kier molecular flexibility index (Phi) is 3.39. The summed E-state index contributed by atoms with van der Waals surface area (Å²) in [5.74, 6) is -3.90. The van der Waals surface area contributed by atoms with Crippen molar-refractivity contribution in [3.63, 3.8) is 0 Å². The van der Waals surface area contributed by atoms with Crippen molar-refractivity contribution in [2.75, 3.05) is 6.54 Å². The lowest BCUT2D eigenvalue weighted by Gasteiger charge is -2.14. The molecule has 1 aromatic rings. The zero-order chi connectivity index (χ0) is 10.8. The van der Waals surface area contributed by atoms with E-state index in [0.717, 1.165) is 0 Å². The van der Waals surface area contributed by atoms with Gasteiger partial charge in [0.15, 0.2) is 0 Å². The van der Waals surface area contributed by atoms with E-state index in [0.29, 0.717) is 0 Å². The van der Waals surface area contributed by atoms with Crippen LogP contribution in [0.25, 0.3) is 0 Å². The summed E-state index contributed by atoms with van der Waals surface area (Å²) in [4.78, 5) is 0. The third kappa shape index (κ3) is 2.62. The highest BCUT2D eigenvalue weighted by Crippen LogP contribution is 2.24. The van der Waals surface area contributed by atoms with Crippen LogP contribution in [0.4, 0.5) is 13.2 Å². The fourth-order valence-electron chi connectivity index (χ4n) is 1.04. The molecule has 1 aromatic carbocycles. The highest BCUT2D eigenvalue weighted by molar-refractivity contribution is 6.30. The van der Waals surface area contributed by atoms with E-state index in [-0.39, 0.29) is 10.6 Å². The van der Waals surface area contributed by atoms with Crippen LogP contribution in [0.3, 0.4) is 0 Å². The summed E-state index contributed by atoms with van der Waals surface area (Å²) in [5.41, 5.74) is 4.72. The molecule has 0 amide bonds. The fraction of sp³-hybridized carbons (Fsp3) is 0.333. The minimum atomic E-state index is -3.09. The molecule has 0 aliphatic carbocycles. The van der Waals surface area contributed by atoms with Gasteiger partial charge in [0.2, 0.25) is 0 Å². The number of hydrogen-bond acceptors (Lipinski definition) is 1. The first-order valence-corrected chi connectivity index (χ1v) is 4.35. The standard InChI is InChI=1S/C9H9ClF3N/c10-7-3-1-2-6(8(7)11)4-9(12,13)5-14/h1-3H,4-5,14H2. The minimum Gasteiger partial charge on any atom is -0.325 e. The molecule has 0 atom stereocenters. The van der Waals surface area contributed by atoms with Gasteiger partial charge in [-0.1, -0.05) is 23.7 Å². The van der Waals surface area contributed by atoms with Crippen LogP contribution in [0.5, 0.6) is 0 Å². The van der Waals surface area contributed by atoms with Crippen LogP contribution < -0.4 is 5.73 Å². The molecule has 1 nitrogen and oxygen atoms in total. The van der Waals surface area contributed by atoms with Crippen molar-refractivity contribution < 1.29 is 13.2 Å². The van der Waals surface area contributed by atoms with Crippen LogP contribution in [0.2, 0.25) is 5.02 Å². The van der Waals surface area contributed by atoms with Crippen LogP contribution in [0.15, 0.2) is 18.2 Å². The normalized spacial score (nSPS) is 11.8. The lowest BCUT2D eigenvalue weighted by atomic mass is 10.1. The summed E-state index contributed by atoms with van der Waals surface area (Å²) in [5, 5.41) is -0.157. The van der Waals surface area contributed by atoms with Gasteiger partial charge in [0.1, 0.15) is 5.82 Å². The molecular formula is C9H9ClF3N. The van der Waals surface area contributed by atoms with E-state index in [2.05, 4.69) is 0 Å². The molecule has 0 fully saturated rings. The van der Waals surface area contributed by atoms with Gasteiger partial charge in [-0.2, -0.15) is 0 Å². The Morgan fingerprint density at radius 2 is 2.00 bits per heavy atom. The first kappa shape index (κ1) is 11.3. The minimum absolute atomic E-state index is 0.118. The molecule has 0 radical (unpaired) electrons. The maximum atomic E-state index is 13.2. The summed E-state index contributed by atoms with van der Waals surface area (Å²) in [6.07, 6.45) is -0.726. The lowest BCUT2D eigenvalue weighted by Crippen LogP contribution is -2.30. The van der Waals surface area contributed by atoms with Crippen LogP contribution >= 0.6 is 11.6 Å². The second-order valence-corrected chi connectivity index (χ2v) is 3.36. The highest BCUT2D eigenvalue weighted by atomic mass is 35.5. The molecule has 0 bridgehead atoms. The van der Waals surface area contributed by atoms with Crippen molar-refractivity contribution in [1.82, 2.24) is 0 Å². The third-order valence-electron chi connectivity index (χ3n) is 1.78. The zero-order valence-corrected chi connectivity index (χ0v) is 7.99. The number of hydrogen-bond donors (Lipinski definition) is 1. The zero-order valence-electron chi connectivity index (χ0n) is 7.24. The maximum absolute atomic E-state index is 13.2. The van der Waals surface area contributed by atoms with E-state index in [1.807, 2.05) is 0 Å². The Morgan fingerprint density at radius 3 is 2.57 bits per heavy atom. The summed E-state index contributed by atoms with van der Waals surface area (Å²) < 4.78 is 38.8. The lowest BCUT2D eigenvalue weighted by molar-refractivity contribution is 0.0107. The van der Waals surface area contributed by atoms with E-state index in [4.69, 9.17) is 17.3 Å². The van der Waals surface area contributed by atoms with Crippen LogP contribution in [0, 0.1) is 5.82 Å². The van der Waals surface area contributed by atoms with E-state index >= 15 is 0 Å². The average molecular weight is 224 g/mol. The van der Waals surface area contributed by atoms with Gasteiger partial charge in [-0.15, -0.1) is 0 Å². The molecular weight excluding hydrogens is 215 g/mol. The van der Waals surface area contributed by atoms with Gasteiger partial charge in [0, 0.05) is 6.42 Å². The third-order valence-corrected chi connectivity index (χ3v) is 2.07. The molecule has 0 unspecified atom stereocenters. The molecule has 0 saturated carbocycles. The van der Waals surface area contributed by atoms with Crippen molar-refractivity contribution in [2.45, 2.75) is 12.3 Å². The number of halogens is 4. The van der Waals surface area contributed by atoms with Crippen LogP contribution in [-0.4, -0.2) is 12.5 Å². The molecule has 0 aliphatic rings. The van der Waals surface area contributed by atoms with Gasteiger partial charge in [-0.05, 0) is 11.6 Å². The SMILES string of the molecule is NCC(F)(F)Cc1cccc(Cl)c1F. The Balaban J connectivity index is 2.92. The van der Waals surface area contributed by atoms with Crippen LogP contribution in [0.1, 0.15) is 5.56 Å². The smallest absolute Gasteiger partial charge is 0.264 e. The Labute approximate surface area is 84.7 Å². The summed E-state index contributed by atoms with van der Waals surface area (Å²) in [7, 11) is 0. The quantitative estimate of drug-likeness (QED) is 0.838. The van der Waals surface area contributed by atoms with Gasteiger partial charge in [-0.3, -0.25) is 0 Å². The van der Waals surface area contributed by atoms with E-state index in [1.165, 1.54) is 18.2 Å². The van der Waals surface area contributed by atoms with Crippen molar-refractivity contribution >= 4 is 11.6 Å². The topological polar surface area (TPSA) is 26.0 Å². The molecule has 14 heavy (non-hydrogen) atoms. The van der Waals surface area contributed by atoms with Gasteiger partial charge in [-0.25, -0.2) is 13.2 Å². The molecule has 0 aromatic heterocycles. The summed E-state index contributed by atoms with van der Waals surface area (Å²) in [6.45, 7) is -0.807. The van der Waals surface area contributed by atoms with Crippen molar-refractivity contribution in [2.24, 2.45) is 5.73 Å². The number of alkyl halides is 2. The van der Waals surface area contributed by atoms with Gasteiger partial charge in [0.05, 0.1) is 11.6 Å². The van der Waals surface area contributed by atoms with Gasteiger partial charge < -0.3 is 5.73 Å². The molecule has 78 valence electrons. The predicted octanol–water partition coefficient (Wildman–Crippen LogP) is 2.62. The van der Waals surface area contributed by atoms with Crippen molar-refractivity contribution in [3.05, 3.63) is 34.6 Å². The van der Waals surface area contributed by atoms with Gasteiger partial charge in [0.25, 0.3) is 5.92 Å². The maximum Gasteiger partial charge on any atom is 0.264 e. The summed E-state index contributed by atoms with van der Waals surface area (Å²) >= 11 is 5.43. The van der Waals surface area contributed by atoms with E-state index in [9.17, 15) is 13.2 Å². The molecule has 0 aliphatic heterocycles. The fourth-order valence-corrected chi connectivity index (χ4v) is 1.23. The van der Waals surface area contributed by atoms with Gasteiger partial charge >= 0.3 is 0 Å². The Bertz CT molecular complexity index is 328. The molecule has 0 heterocycles. The first-order valence-electron chi connectivity index (χ1n) is 3.97. The summed E-state index contributed by atoms with van der Waals surface area (Å²) in [6, 6.07) is 4.00. The van der Waals surface area contributed by atoms with E-state index < -0.39 is 24.7 Å². The Hall–Kier alpha value is -0.740. The number of rotatable bonds is 3. The second kappa shape index (κ2) is 4.19. The average Bonchev–Trinajstić information content (AvgIpc) is 2.13. The van der Waals surface area contributed by atoms with E-state index in [1.54, 1.807) is 0 Å². The Morgan fingerprint density at radius 1 is 1.36 bits per heavy atom. The van der Waals surface area contributed by atoms with Crippen molar-refractivity contribution in [1.29, 1.82) is 0 Å². The molecule has 0 saturated heterocycles. The monoisotopic (exact) mass is 223 g/mol. The molecule has 0 spiro atoms. The van der Waals surface area contributed by atoms with Crippen LogP contribution in [-0.2, 0) is 6.42 Å². The number of nitrogens with two attached hydrogens (primary N) is 1. The highest BCUT2D eigenvalue weighted by Gasteiger charge is 2.28. The predicted molar refractivity (Wildman–Crippen MR) is 49.1 cm³/mol. The largest absolute Gasteiger partial charge is 0.325 e.